The first-order valence-electron chi connectivity index (χ1n) is 9.08. The Hall–Kier alpha value is -2.78. The molecule has 1 aliphatic heterocycles. The first kappa shape index (κ1) is 20.5. The highest BCUT2D eigenvalue weighted by Gasteiger charge is 2.44. The fourth-order valence-corrected chi connectivity index (χ4v) is 5.24. The summed E-state index contributed by atoms with van der Waals surface area (Å²) in [4.78, 5) is 10.3. The topological polar surface area (TPSA) is 89.8 Å². The van der Waals surface area contributed by atoms with Crippen LogP contribution in [0.3, 0.4) is 0 Å². The maximum Gasteiger partial charge on any atom is 0.269 e. The highest BCUT2D eigenvalue weighted by Crippen LogP contribution is 2.43. The van der Waals surface area contributed by atoms with Crippen molar-refractivity contribution in [1.82, 2.24) is 4.31 Å². The summed E-state index contributed by atoms with van der Waals surface area (Å²) in [5.74, 6) is 0. The molecule has 0 spiro atoms. The smallest absolute Gasteiger partial charge is 0.269 e. The second-order valence-corrected chi connectivity index (χ2v) is 9.03. The SMILES string of the molecule is O=[N+]([O-])c1ccc(S(=O)(=O)N2C(c3ccc(Cl)cc3)COC2c2ccccc2)cc1. The lowest BCUT2D eigenvalue weighted by atomic mass is 10.1. The van der Waals surface area contributed by atoms with Gasteiger partial charge < -0.3 is 4.74 Å². The molecule has 7 nitrogen and oxygen atoms in total. The van der Waals surface area contributed by atoms with Crippen molar-refractivity contribution in [2.24, 2.45) is 0 Å². The first-order chi connectivity index (χ1) is 14.4. The van der Waals surface area contributed by atoms with Crippen LogP contribution in [0.15, 0.2) is 83.8 Å². The minimum Gasteiger partial charge on any atom is -0.356 e. The Morgan fingerprint density at radius 3 is 2.17 bits per heavy atom. The number of rotatable bonds is 5. The third-order valence-corrected chi connectivity index (χ3v) is 7.03. The van der Waals surface area contributed by atoms with Crippen molar-refractivity contribution in [1.29, 1.82) is 0 Å². The van der Waals surface area contributed by atoms with Gasteiger partial charge in [0.15, 0.2) is 6.23 Å². The number of sulfonamides is 1. The molecule has 0 radical (unpaired) electrons. The summed E-state index contributed by atoms with van der Waals surface area (Å²) in [6.45, 7) is 0.160. The third-order valence-electron chi connectivity index (χ3n) is 4.91. The summed E-state index contributed by atoms with van der Waals surface area (Å²) in [7, 11) is -4.03. The van der Waals surface area contributed by atoms with Gasteiger partial charge in [-0.2, -0.15) is 4.31 Å². The van der Waals surface area contributed by atoms with Crippen molar-refractivity contribution in [2.75, 3.05) is 6.61 Å². The largest absolute Gasteiger partial charge is 0.356 e. The fourth-order valence-electron chi connectivity index (χ4n) is 3.44. The number of non-ortho nitro benzene ring substituents is 1. The van der Waals surface area contributed by atoms with E-state index in [-0.39, 0.29) is 17.2 Å². The van der Waals surface area contributed by atoms with E-state index in [1.165, 1.54) is 28.6 Å². The molecule has 1 saturated heterocycles. The van der Waals surface area contributed by atoms with Crippen LogP contribution < -0.4 is 0 Å². The van der Waals surface area contributed by atoms with Gasteiger partial charge in [0, 0.05) is 17.2 Å². The van der Waals surface area contributed by atoms with E-state index < -0.39 is 27.2 Å². The average Bonchev–Trinajstić information content (AvgIpc) is 3.21. The molecule has 0 aromatic heterocycles. The summed E-state index contributed by atoms with van der Waals surface area (Å²) >= 11 is 5.99. The number of ether oxygens (including phenoxy) is 1. The van der Waals surface area contributed by atoms with Crippen molar-refractivity contribution < 1.29 is 18.1 Å². The van der Waals surface area contributed by atoms with E-state index in [0.717, 1.165) is 5.56 Å². The van der Waals surface area contributed by atoms with Gasteiger partial charge in [-0.3, -0.25) is 10.1 Å². The Bertz CT molecular complexity index is 1150. The molecule has 4 rings (SSSR count). The Balaban J connectivity index is 1.80. The van der Waals surface area contributed by atoms with Crippen LogP contribution in [0.5, 0.6) is 0 Å². The molecule has 154 valence electrons. The van der Waals surface area contributed by atoms with Crippen LogP contribution in [-0.4, -0.2) is 24.3 Å². The third kappa shape index (κ3) is 3.82. The molecule has 9 heteroatoms. The summed E-state index contributed by atoms with van der Waals surface area (Å²) in [6, 6.07) is 20.3. The van der Waals surface area contributed by atoms with E-state index in [1.54, 1.807) is 36.4 Å². The van der Waals surface area contributed by atoms with Crippen molar-refractivity contribution >= 4 is 27.3 Å². The van der Waals surface area contributed by atoms with Gasteiger partial charge >= 0.3 is 0 Å². The van der Waals surface area contributed by atoms with Crippen molar-refractivity contribution in [3.05, 3.63) is 105 Å². The van der Waals surface area contributed by atoms with Crippen LogP contribution >= 0.6 is 11.6 Å². The highest BCUT2D eigenvalue weighted by atomic mass is 35.5. The molecule has 0 bridgehead atoms. The molecule has 0 N–H and O–H groups in total. The first-order valence-corrected chi connectivity index (χ1v) is 10.9. The van der Waals surface area contributed by atoms with E-state index in [4.69, 9.17) is 16.3 Å². The number of halogens is 1. The van der Waals surface area contributed by atoms with E-state index >= 15 is 0 Å². The molecule has 0 aliphatic carbocycles. The lowest BCUT2D eigenvalue weighted by Crippen LogP contribution is -2.33. The molecule has 1 fully saturated rings. The normalized spacial score (nSPS) is 19.6. The highest BCUT2D eigenvalue weighted by molar-refractivity contribution is 7.89. The van der Waals surface area contributed by atoms with Crippen LogP contribution in [-0.2, 0) is 14.8 Å². The molecule has 3 aromatic rings. The van der Waals surface area contributed by atoms with E-state index in [9.17, 15) is 18.5 Å². The summed E-state index contributed by atoms with van der Waals surface area (Å²) in [5.41, 5.74) is 1.25. The molecule has 3 aromatic carbocycles. The van der Waals surface area contributed by atoms with Gasteiger partial charge in [0.2, 0.25) is 10.0 Å². The Morgan fingerprint density at radius 1 is 0.933 bits per heavy atom. The summed E-state index contributed by atoms with van der Waals surface area (Å²) < 4.78 is 34.4. The maximum absolute atomic E-state index is 13.6. The average molecular weight is 445 g/mol. The zero-order chi connectivity index (χ0) is 21.3. The number of nitro groups is 1. The van der Waals surface area contributed by atoms with Crippen LogP contribution in [0.25, 0.3) is 0 Å². The van der Waals surface area contributed by atoms with Crippen LogP contribution in [0, 0.1) is 10.1 Å². The van der Waals surface area contributed by atoms with Gasteiger partial charge in [0.1, 0.15) is 0 Å². The molecule has 30 heavy (non-hydrogen) atoms. The van der Waals surface area contributed by atoms with Gasteiger partial charge in [0.25, 0.3) is 5.69 Å². The van der Waals surface area contributed by atoms with E-state index in [1.807, 2.05) is 18.2 Å². The standard InChI is InChI=1S/C21H17ClN2O5S/c22-17-8-6-15(7-9-17)20-14-29-21(16-4-2-1-3-5-16)23(20)30(27,28)19-12-10-18(11-13-19)24(25)26/h1-13,20-21H,14H2. The van der Waals surface area contributed by atoms with E-state index in [0.29, 0.717) is 10.6 Å². The van der Waals surface area contributed by atoms with Gasteiger partial charge in [-0.25, -0.2) is 8.42 Å². The zero-order valence-electron chi connectivity index (χ0n) is 15.6. The predicted octanol–water partition coefficient (Wildman–Crippen LogP) is 4.71. The van der Waals surface area contributed by atoms with Crippen molar-refractivity contribution in [3.63, 3.8) is 0 Å². The molecule has 0 amide bonds. The minimum atomic E-state index is -4.03. The molecule has 2 unspecified atom stereocenters. The quantitative estimate of drug-likeness (QED) is 0.420. The van der Waals surface area contributed by atoms with Gasteiger partial charge in [-0.15, -0.1) is 0 Å². The molecule has 1 heterocycles. The second-order valence-electron chi connectivity index (χ2n) is 6.75. The van der Waals surface area contributed by atoms with Crippen LogP contribution in [0.1, 0.15) is 23.4 Å². The number of hydrogen-bond acceptors (Lipinski definition) is 5. The number of nitrogens with zero attached hydrogens (tertiary/aromatic N) is 2. The van der Waals surface area contributed by atoms with E-state index in [2.05, 4.69) is 0 Å². The molecule has 0 saturated carbocycles. The molecule has 2 atom stereocenters. The summed E-state index contributed by atoms with van der Waals surface area (Å²) in [6.07, 6.45) is -0.827. The van der Waals surface area contributed by atoms with Crippen LogP contribution in [0.4, 0.5) is 5.69 Å². The van der Waals surface area contributed by atoms with Gasteiger partial charge in [0.05, 0.1) is 22.5 Å². The lowest BCUT2D eigenvalue weighted by molar-refractivity contribution is -0.384. The second kappa shape index (κ2) is 8.16. The Kier molecular flexibility index (Phi) is 5.57. The Labute approximate surface area is 178 Å². The molecular formula is C21H17ClN2O5S. The number of nitro benzene ring substituents is 1. The summed E-state index contributed by atoms with van der Waals surface area (Å²) in [5, 5.41) is 11.5. The Morgan fingerprint density at radius 2 is 1.57 bits per heavy atom. The molecule has 1 aliphatic rings. The van der Waals surface area contributed by atoms with Crippen LogP contribution in [0.2, 0.25) is 5.02 Å². The predicted molar refractivity (Wildman–Crippen MR) is 111 cm³/mol. The fraction of sp³-hybridized carbons (Fsp3) is 0.143. The monoisotopic (exact) mass is 444 g/mol. The van der Waals surface area contributed by atoms with Gasteiger partial charge in [-0.1, -0.05) is 54.1 Å². The van der Waals surface area contributed by atoms with Gasteiger partial charge in [-0.05, 0) is 35.4 Å². The number of benzene rings is 3. The molecular weight excluding hydrogens is 428 g/mol. The minimum absolute atomic E-state index is 0.0431. The lowest BCUT2D eigenvalue weighted by Gasteiger charge is -2.28. The van der Waals surface area contributed by atoms with Crippen molar-refractivity contribution in [3.8, 4) is 0 Å². The number of hydrogen-bond donors (Lipinski definition) is 0. The zero-order valence-corrected chi connectivity index (χ0v) is 17.2. The maximum atomic E-state index is 13.6. The van der Waals surface area contributed by atoms with Crippen molar-refractivity contribution in [2.45, 2.75) is 17.2 Å².